The van der Waals surface area contributed by atoms with E-state index >= 15 is 0 Å². The Kier molecular flexibility index (Phi) is 12.6. The van der Waals surface area contributed by atoms with Crippen molar-refractivity contribution >= 4 is 11.8 Å². The summed E-state index contributed by atoms with van der Waals surface area (Å²) in [5.74, 6) is 2.47. The number of rotatable bonds is 11. The monoisotopic (exact) mass is 233 g/mol. The lowest BCUT2D eigenvalue weighted by atomic mass is 10.2. The molecule has 0 unspecified atom stereocenters. The van der Waals surface area contributed by atoms with E-state index in [-0.39, 0.29) is 0 Å². The number of aliphatic hydroxyl groups is 1. The van der Waals surface area contributed by atoms with Gasteiger partial charge in [0.1, 0.15) is 0 Å². The van der Waals surface area contributed by atoms with Crippen molar-refractivity contribution in [1.29, 1.82) is 0 Å². The fraction of sp³-hybridized carbons (Fsp3) is 1.00. The summed E-state index contributed by atoms with van der Waals surface area (Å²) in [5.41, 5.74) is 0. The maximum Gasteiger partial charge on any atom is 0.0558 e. The van der Waals surface area contributed by atoms with Crippen molar-refractivity contribution in [2.45, 2.75) is 39.5 Å². The molecular weight excluding hydrogens is 206 g/mol. The minimum Gasteiger partial charge on any atom is -0.395 e. The molecular formula is C12H27NOS. The summed E-state index contributed by atoms with van der Waals surface area (Å²) in [6.45, 7) is 7.89. The second kappa shape index (κ2) is 12.3. The molecule has 0 aromatic carbocycles. The van der Waals surface area contributed by atoms with E-state index in [1.54, 1.807) is 0 Å². The molecule has 15 heavy (non-hydrogen) atoms. The summed E-state index contributed by atoms with van der Waals surface area (Å²) < 4.78 is 0. The van der Waals surface area contributed by atoms with Gasteiger partial charge < -0.3 is 10.0 Å². The van der Waals surface area contributed by atoms with Crippen LogP contribution in [0.3, 0.4) is 0 Å². The Morgan fingerprint density at radius 1 is 1.00 bits per heavy atom. The number of hydrogen-bond donors (Lipinski definition) is 1. The highest BCUT2D eigenvalue weighted by molar-refractivity contribution is 7.99. The molecule has 0 heterocycles. The number of unbranched alkanes of at least 4 members (excludes halogenated alkanes) is 2. The number of thioether (sulfide) groups is 1. The third-order valence-corrected chi connectivity index (χ3v) is 3.45. The second-order valence-electron chi connectivity index (χ2n) is 3.82. The lowest BCUT2D eigenvalue weighted by Gasteiger charge is -2.20. The number of nitrogens with zero attached hydrogens (tertiary/aromatic N) is 1. The van der Waals surface area contributed by atoms with E-state index in [9.17, 15) is 0 Å². The van der Waals surface area contributed by atoms with Crippen molar-refractivity contribution in [3.63, 3.8) is 0 Å². The zero-order chi connectivity index (χ0) is 11.4. The van der Waals surface area contributed by atoms with Crippen LogP contribution in [0.1, 0.15) is 39.5 Å². The summed E-state index contributed by atoms with van der Waals surface area (Å²) >= 11 is 2.01. The van der Waals surface area contributed by atoms with E-state index in [1.807, 2.05) is 11.8 Å². The minimum absolute atomic E-state index is 0.299. The van der Waals surface area contributed by atoms with Crippen LogP contribution in [0.25, 0.3) is 0 Å². The average Bonchev–Trinajstić information content (AvgIpc) is 2.24. The number of aliphatic hydroxyl groups excluding tert-OH is 1. The zero-order valence-corrected chi connectivity index (χ0v) is 11.2. The van der Waals surface area contributed by atoms with Crippen LogP contribution >= 0.6 is 11.8 Å². The van der Waals surface area contributed by atoms with Gasteiger partial charge in [0.25, 0.3) is 0 Å². The molecule has 2 nitrogen and oxygen atoms in total. The molecule has 0 aliphatic rings. The Morgan fingerprint density at radius 3 is 2.33 bits per heavy atom. The van der Waals surface area contributed by atoms with Crippen molar-refractivity contribution in [3.8, 4) is 0 Å². The minimum atomic E-state index is 0.299. The van der Waals surface area contributed by atoms with Gasteiger partial charge in [0.05, 0.1) is 6.61 Å². The second-order valence-corrected chi connectivity index (χ2v) is 5.22. The van der Waals surface area contributed by atoms with Gasteiger partial charge >= 0.3 is 0 Å². The van der Waals surface area contributed by atoms with E-state index in [0.29, 0.717) is 6.61 Å². The molecule has 0 bridgehead atoms. The predicted molar refractivity (Wildman–Crippen MR) is 70.7 cm³/mol. The van der Waals surface area contributed by atoms with Crippen molar-refractivity contribution < 1.29 is 5.11 Å². The Hall–Kier alpha value is 0.270. The lowest BCUT2D eigenvalue weighted by molar-refractivity contribution is 0.194. The summed E-state index contributed by atoms with van der Waals surface area (Å²) in [6.07, 6.45) is 5.12. The molecule has 0 rings (SSSR count). The van der Waals surface area contributed by atoms with Crippen LogP contribution in [-0.2, 0) is 0 Å². The van der Waals surface area contributed by atoms with Crippen LogP contribution in [0.5, 0.6) is 0 Å². The maximum atomic E-state index is 8.95. The summed E-state index contributed by atoms with van der Waals surface area (Å²) in [7, 11) is 0. The van der Waals surface area contributed by atoms with Crippen molar-refractivity contribution in [1.82, 2.24) is 4.90 Å². The normalized spacial score (nSPS) is 11.2. The first-order chi connectivity index (χ1) is 7.35. The smallest absolute Gasteiger partial charge is 0.0558 e. The van der Waals surface area contributed by atoms with E-state index in [0.717, 1.165) is 19.6 Å². The summed E-state index contributed by atoms with van der Waals surface area (Å²) in [5, 5.41) is 8.95. The van der Waals surface area contributed by atoms with Gasteiger partial charge in [-0.05, 0) is 37.4 Å². The molecule has 0 saturated carbocycles. The first-order valence-corrected chi connectivity index (χ1v) is 7.41. The van der Waals surface area contributed by atoms with Gasteiger partial charge in [-0.25, -0.2) is 0 Å². The molecule has 1 N–H and O–H groups in total. The van der Waals surface area contributed by atoms with Crippen LogP contribution in [0.4, 0.5) is 0 Å². The molecule has 0 amide bonds. The van der Waals surface area contributed by atoms with Gasteiger partial charge in [-0.1, -0.05) is 26.7 Å². The molecule has 0 radical (unpaired) electrons. The van der Waals surface area contributed by atoms with Crippen LogP contribution in [0.15, 0.2) is 0 Å². The highest BCUT2D eigenvalue weighted by Gasteiger charge is 2.02. The molecule has 0 spiro atoms. The molecule has 0 aromatic heterocycles. The summed E-state index contributed by atoms with van der Waals surface area (Å²) in [4.78, 5) is 2.39. The zero-order valence-electron chi connectivity index (χ0n) is 10.4. The summed E-state index contributed by atoms with van der Waals surface area (Å²) in [6, 6.07) is 0. The molecule has 0 saturated heterocycles. The van der Waals surface area contributed by atoms with Gasteiger partial charge in [0.2, 0.25) is 0 Å². The van der Waals surface area contributed by atoms with Crippen LogP contribution in [0.2, 0.25) is 0 Å². The fourth-order valence-electron chi connectivity index (χ4n) is 1.60. The molecule has 0 aliphatic heterocycles. The Bertz CT molecular complexity index is 122. The first-order valence-electron chi connectivity index (χ1n) is 6.26. The van der Waals surface area contributed by atoms with Crippen molar-refractivity contribution in [3.05, 3.63) is 0 Å². The predicted octanol–water partition coefficient (Wildman–Crippen LogP) is 2.61. The Morgan fingerprint density at radius 2 is 1.73 bits per heavy atom. The van der Waals surface area contributed by atoms with E-state index in [4.69, 9.17) is 5.11 Å². The molecule has 0 fully saturated rings. The van der Waals surface area contributed by atoms with Crippen molar-refractivity contribution in [2.75, 3.05) is 37.7 Å². The molecule has 0 aromatic rings. The first kappa shape index (κ1) is 15.3. The van der Waals surface area contributed by atoms with E-state index in [1.165, 1.54) is 37.2 Å². The highest BCUT2D eigenvalue weighted by atomic mass is 32.2. The van der Waals surface area contributed by atoms with E-state index < -0.39 is 0 Å². The quantitative estimate of drug-likeness (QED) is 0.555. The standard InChI is InChI=1S/C12H27NOS/c1-3-5-6-8-13(10-11-14)9-7-12-15-4-2/h14H,3-12H2,1-2H3. The van der Waals surface area contributed by atoms with E-state index in [2.05, 4.69) is 18.7 Å². The average molecular weight is 233 g/mol. The molecule has 0 aliphatic carbocycles. The van der Waals surface area contributed by atoms with Crippen LogP contribution < -0.4 is 0 Å². The third kappa shape index (κ3) is 10.6. The molecule has 0 atom stereocenters. The maximum absolute atomic E-state index is 8.95. The van der Waals surface area contributed by atoms with Crippen molar-refractivity contribution in [2.24, 2.45) is 0 Å². The largest absolute Gasteiger partial charge is 0.395 e. The van der Waals surface area contributed by atoms with Gasteiger partial charge in [-0.15, -0.1) is 0 Å². The van der Waals surface area contributed by atoms with Gasteiger partial charge in [0.15, 0.2) is 0 Å². The Labute approximate surface area is 99.4 Å². The van der Waals surface area contributed by atoms with Gasteiger partial charge in [-0.3, -0.25) is 0 Å². The van der Waals surface area contributed by atoms with Crippen LogP contribution in [-0.4, -0.2) is 47.8 Å². The SMILES string of the molecule is CCCCCN(CCO)CCCSCC. The topological polar surface area (TPSA) is 23.5 Å². The third-order valence-electron chi connectivity index (χ3n) is 2.46. The molecule has 3 heteroatoms. The fourth-order valence-corrected chi connectivity index (χ4v) is 2.22. The lowest BCUT2D eigenvalue weighted by Crippen LogP contribution is -2.29. The highest BCUT2D eigenvalue weighted by Crippen LogP contribution is 2.04. The van der Waals surface area contributed by atoms with Gasteiger partial charge in [0, 0.05) is 6.54 Å². The number of hydrogen-bond acceptors (Lipinski definition) is 3. The molecule has 92 valence electrons. The Balaban J connectivity index is 3.44. The van der Waals surface area contributed by atoms with Crippen LogP contribution in [0, 0.1) is 0 Å². The van der Waals surface area contributed by atoms with Gasteiger partial charge in [-0.2, -0.15) is 11.8 Å².